The summed E-state index contributed by atoms with van der Waals surface area (Å²) < 4.78 is 12.6. The first-order valence-corrected chi connectivity index (χ1v) is 4.12. The lowest BCUT2D eigenvalue weighted by molar-refractivity contribution is 0.0365. The lowest BCUT2D eigenvalue weighted by atomic mass is 10.2. The molecule has 1 aromatic rings. The number of carbonyl (C=O) groups excluding carboxylic acids is 1. The lowest BCUT2D eigenvalue weighted by Crippen LogP contribution is -2.24. The molecular weight excluding hydrogens is 187 g/mol. The number of amides is 1. The molecule has 0 spiro atoms. The fraction of sp³-hybridized carbons (Fsp3) is 0.222. The molecule has 14 heavy (non-hydrogen) atoms. The van der Waals surface area contributed by atoms with Gasteiger partial charge in [-0.15, -0.1) is 0 Å². The summed E-state index contributed by atoms with van der Waals surface area (Å²) in [6.07, 6.45) is 0. The topological polar surface area (TPSA) is 64.3 Å². The number of nitrogen functional groups attached to an aromatic ring is 1. The third-order valence-corrected chi connectivity index (χ3v) is 1.57. The molecule has 0 radical (unpaired) electrons. The molecule has 0 unspecified atom stereocenters. The van der Waals surface area contributed by atoms with Crippen molar-refractivity contribution in [1.29, 1.82) is 0 Å². The monoisotopic (exact) mass is 198 g/mol. The first-order chi connectivity index (χ1) is 6.65. The molecule has 0 saturated heterocycles. The van der Waals surface area contributed by atoms with E-state index in [1.807, 2.05) is 0 Å². The Hall–Kier alpha value is -1.62. The number of nitrogens with two attached hydrogens (primary N) is 1. The normalized spacial score (nSPS) is 9.86. The van der Waals surface area contributed by atoms with E-state index >= 15 is 0 Å². The zero-order valence-corrected chi connectivity index (χ0v) is 7.71. The second kappa shape index (κ2) is 4.57. The molecule has 1 amide bonds. The van der Waals surface area contributed by atoms with Crippen molar-refractivity contribution in [3.63, 3.8) is 0 Å². The standard InChI is InChI=1S/C9H11FN2O2/c1-2-14-12-9(13)7-4-3-6(10)5-8(7)11/h3-5H,2,11H2,1H3,(H,12,13). The van der Waals surface area contributed by atoms with Gasteiger partial charge in [-0.25, -0.2) is 9.87 Å². The summed E-state index contributed by atoms with van der Waals surface area (Å²) >= 11 is 0. The number of carbonyl (C=O) groups is 1. The van der Waals surface area contributed by atoms with E-state index in [1.165, 1.54) is 6.07 Å². The van der Waals surface area contributed by atoms with Crippen LogP contribution in [-0.4, -0.2) is 12.5 Å². The molecule has 76 valence electrons. The van der Waals surface area contributed by atoms with Crippen LogP contribution < -0.4 is 11.2 Å². The number of hydroxylamine groups is 1. The zero-order valence-electron chi connectivity index (χ0n) is 7.71. The van der Waals surface area contributed by atoms with E-state index in [4.69, 9.17) is 5.73 Å². The summed E-state index contributed by atoms with van der Waals surface area (Å²) in [6.45, 7) is 2.08. The van der Waals surface area contributed by atoms with Crippen molar-refractivity contribution in [3.8, 4) is 0 Å². The minimum atomic E-state index is -0.482. The first kappa shape index (κ1) is 10.5. The van der Waals surface area contributed by atoms with E-state index in [0.717, 1.165) is 12.1 Å². The van der Waals surface area contributed by atoms with Gasteiger partial charge in [0.05, 0.1) is 12.2 Å². The number of anilines is 1. The van der Waals surface area contributed by atoms with Gasteiger partial charge in [-0.1, -0.05) is 0 Å². The molecular formula is C9H11FN2O2. The average Bonchev–Trinajstić information content (AvgIpc) is 2.14. The molecule has 0 aromatic heterocycles. The van der Waals surface area contributed by atoms with Crippen molar-refractivity contribution in [2.24, 2.45) is 0 Å². The van der Waals surface area contributed by atoms with Crippen molar-refractivity contribution < 1.29 is 14.0 Å². The van der Waals surface area contributed by atoms with Gasteiger partial charge in [0.25, 0.3) is 5.91 Å². The number of hydrogen-bond donors (Lipinski definition) is 2. The van der Waals surface area contributed by atoms with Gasteiger partial charge in [0.2, 0.25) is 0 Å². The molecule has 0 heterocycles. The van der Waals surface area contributed by atoms with Gasteiger partial charge in [-0.2, -0.15) is 0 Å². The summed E-state index contributed by atoms with van der Waals surface area (Å²) in [7, 11) is 0. The quantitative estimate of drug-likeness (QED) is 0.564. The van der Waals surface area contributed by atoms with Gasteiger partial charge < -0.3 is 5.73 Å². The maximum Gasteiger partial charge on any atom is 0.276 e. The second-order valence-corrected chi connectivity index (χ2v) is 2.60. The molecule has 0 fully saturated rings. The molecule has 3 N–H and O–H groups in total. The third-order valence-electron chi connectivity index (χ3n) is 1.57. The minimum Gasteiger partial charge on any atom is -0.398 e. The van der Waals surface area contributed by atoms with Crippen LogP contribution >= 0.6 is 0 Å². The van der Waals surface area contributed by atoms with Gasteiger partial charge >= 0.3 is 0 Å². The highest BCUT2D eigenvalue weighted by Gasteiger charge is 2.09. The van der Waals surface area contributed by atoms with E-state index in [9.17, 15) is 9.18 Å². The van der Waals surface area contributed by atoms with E-state index in [2.05, 4.69) is 10.3 Å². The molecule has 0 aliphatic carbocycles. The van der Waals surface area contributed by atoms with E-state index in [-0.39, 0.29) is 11.3 Å². The summed E-state index contributed by atoms with van der Waals surface area (Å²) in [5.41, 5.74) is 7.88. The Morgan fingerprint density at radius 1 is 1.64 bits per heavy atom. The van der Waals surface area contributed by atoms with Crippen molar-refractivity contribution in [2.45, 2.75) is 6.92 Å². The predicted octanol–water partition coefficient (Wildman–Crippen LogP) is 1.09. The summed E-state index contributed by atoms with van der Waals surface area (Å²) in [5, 5.41) is 0. The van der Waals surface area contributed by atoms with E-state index in [1.54, 1.807) is 6.92 Å². The maximum atomic E-state index is 12.6. The Kier molecular flexibility index (Phi) is 3.41. The predicted molar refractivity (Wildman–Crippen MR) is 49.9 cm³/mol. The van der Waals surface area contributed by atoms with Crippen LogP contribution in [-0.2, 0) is 4.84 Å². The van der Waals surface area contributed by atoms with Crippen LogP contribution in [0.2, 0.25) is 0 Å². The van der Waals surface area contributed by atoms with Crippen molar-refractivity contribution in [2.75, 3.05) is 12.3 Å². The van der Waals surface area contributed by atoms with Crippen molar-refractivity contribution >= 4 is 11.6 Å². The van der Waals surface area contributed by atoms with Gasteiger partial charge in [-0.05, 0) is 25.1 Å². The maximum absolute atomic E-state index is 12.6. The SMILES string of the molecule is CCONC(=O)c1ccc(F)cc1N. The Morgan fingerprint density at radius 2 is 2.36 bits per heavy atom. The Labute approximate surface area is 80.8 Å². The molecule has 0 atom stereocenters. The van der Waals surface area contributed by atoms with Crippen molar-refractivity contribution in [3.05, 3.63) is 29.6 Å². The van der Waals surface area contributed by atoms with Gasteiger partial charge in [0.1, 0.15) is 5.82 Å². The van der Waals surface area contributed by atoms with Gasteiger partial charge in [0, 0.05) is 5.69 Å². The minimum absolute atomic E-state index is 0.0854. The number of hydrogen-bond acceptors (Lipinski definition) is 3. The summed E-state index contributed by atoms with van der Waals surface area (Å²) in [6, 6.07) is 3.55. The molecule has 5 heteroatoms. The molecule has 0 aliphatic rings. The van der Waals surface area contributed by atoms with Crippen LogP contribution in [0.3, 0.4) is 0 Å². The van der Waals surface area contributed by atoms with Crippen molar-refractivity contribution in [1.82, 2.24) is 5.48 Å². The lowest BCUT2D eigenvalue weighted by Gasteiger charge is -2.05. The fourth-order valence-electron chi connectivity index (χ4n) is 0.933. The first-order valence-electron chi connectivity index (χ1n) is 4.12. The van der Waals surface area contributed by atoms with Crippen LogP contribution in [0.15, 0.2) is 18.2 Å². The van der Waals surface area contributed by atoms with Crippen LogP contribution in [0.1, 0.15) is 17.3 Å². The summed E-state index contributed by atoms with van der Waals surface area (Å²) in [4.78, 5) is 16.0. The number of rotatable bonds is 3. The Morgan fingerprint density at radius 3 is 2.93 bits per heavy atom. The third kappa shape index (κ3) is 2.43. The highest BCUT2D eigenvalue weighted by molar-refractivity contribution is 5.98. The van der Waals surface area contributed by atoms with Crippen LogP contribution in [0, 0.1) is 5.82 Å². The number of halogens is 1. The number of benzene rings is 1. The average molecular weight is 198 g/mol. The van der Waals surface area contributed by atoms with Crippen LogP contribution in [0.25, 0.3) is 0 Å². The van der Waals surface area contributed by atoms with Gasteiger partial charge in [0.15, 0.2) is 0 Å². The van der Waals surface area contributed by atoms with Crippen LogP contribution in [0.5, 0.6) is 0 Å². The molecule has 0 saturated carbocycles. The van der Waals surface area contributed by atoms with Gasteiger partial charge in [-0.3, -0.25) is 9.63 Å². The largest absolute Gasteiger partial charge is 0.398 e. The fourth-order valence-corrected chi connectivity index (χ4v) is 0.933. The van der Waals surface area contributed by atoms with E-state index in [0.29, 0.717) is 6.61 Å². The molecule has 1 aromatic carbocycles. The zero-order chi connectivity index (χ0) is 10.6. The molecule has 4 nitrogen and oxygen atoms in total. The molecule has 0 bridgehead atoms. The Balaban J connectivity index is 2.80. The highest BCUT2D eigenvalue weighted by atomic mass is 19.1. The Bertz CT molecular complexity index is 342. The highest BCUT2D eigenvalue weighted by Crippen LogP contribution is 2.12. The van der Waals surface area contributed by atoms with E-state index < -0.39 is 11.7 Å². The molecule has 0 aliphatic heterocycles. The smallest absolute Gasteiger partial charge is 0.276 e. The number of nitrogens with one attached hydrogen (secondary N) is 1. The summed E-state index contributed by atoms with van der Waals surface area (Å²) in [5.74, 6) is -0.959. The second-order valence-electron chi connectivity index (χ2n) is 2.60. The van der Waals surface area contributed by atoms with Crippen LogP contribution in [0.4, 0.5) is 10.1 Å². The molecule has 1 rings (SSSR count).